The van der Waals surface area contributed by atoms with E-state index in [0.717, 1.165) is 19.3 Å². The van der Waals surface area contributed by atoms with Crippen LogP contribution in [0.15, 0.2) is 0 Å². The van der Waals surface area contributed by atoms with Gasteiger partial charge in [0, 0.05) is 19.3 Å². The number of hydrogen-bond donors (Lipinski definition) is 2. The van der Waals surface area contributed by atoms with Crippen LogP contribution in [0.25, 0.3) is 0 Å². The van der Waals surface area contributed by atoms with E-state index in [4.69, 9.17) is 18.9 Å². The van der Waals surface area contributed by atoms with E-state index in [-0.39, 0.29) is 12.1 Å². The Morgan fingerprint density at radius 1 is 0.905 bits per heavy atom. The Morgan fingerprint density at radius 3 is 1.86 bits per heavy atom. The van der Waals surface area contributed by atoms with Crippen LogP contribution in [0.5, 0.6) is 0 Å². The first-order valence-electron chi connectivity index (χ1n) is 7.76. The van der Waals surface area contributed by atoms with E-state index in [1.54, 1.807) is 7.11 Å². The number of rotatable bonds is 16. The van der Waals surface area contributed by atoms with E-state index < -0.39 is 0 Å². The lowest BCUT2D eigenvalue weighted by molar-refractivity contribution is 0.00227. The molecule has 21 heavy (non-hydrogen) atoms. The monoisotopic (exact) mass is 307 g/mol. The third-order valence-corrected chi connectivity index (χ3v) is 3.63. The van der Waals surface area contributed by atoms with Crippen LogP contribution >= 0.6 is 0 Å². The van der Waals surface area contributed by atoms with Crippen LogP contribution in [0.4, 0.5) is 0 Å². The molecule has 0 radical (unpaired) electrons. The number of aliphatic hydroxyl groups excluding tert-OH is 1. The minimum Gasteiger partial charge on any atom is -0.394 e. The summed E-state index contributed by atoms with van der Waals surface area (Å²) in [7, 11) is 3.54. The molecular formula is C15H33NO5. The summed E-state index contributed by atoms with van der Waals surface area (Å²) in [6.45, 7) is 6.49. The lowest BCUT2D eigenvalue weighted by atomic mass is 9.92. The minimum absolute atomic E-state index is 0.159. The standard InChI is InChI=1S/C15H33NO5/c1-4-15(14-17,16-2)6-5-7-19-10-11-21-13-12-20-9-8-18-3/h16-17H,4-14H2,1-3H3. The van der Waals surface area contributed by atoms with E-state index in [9.17, 15) is 5.11 Å². The van der Waals surface area contributed by atoms with Crippen LogP contribution in [0.2, 0.25) is 0 Å². The van der Waals surface area contributed by atoms with Gasteiger partial charge in [-0.3, -0.25) is 0 Å². The molecule has 0 aromatic heterocycles. The van der Waals surface area contributed by atoms with Gasteiger partial charge in [0.2, 0.25) is 0 Å². The molecule has 0 saturated heterocycles. The number of ether oxygens (including phenoxy) is 4. The first-order chi connectivity index (χ1) is 10.2. The second kappa shape index (κ2) is 14.7. The zero-order valence-electron chi connectivity index (χ0n) is 13.9. The van der Waals surface area contributed by atoms with Crippen molar-refractivity contribution in [3.8, 4) is 0 Å². The van der Waals surface area contributed by atoms with Crippen molar-refractivity contribution >= 4 is 0 Å². The largest absolute Gasteiger partial charge is 0.394 e. The van der Waals surface area contributed by atoms with Crippen LogP contribution in [-0.2, 0) is 18.9 Å². The summed E-state index contributed by atoms with van der Waals surface area (Å²) in [5.41, 5.74) is -0.167. The molecule has 0 bridgehead atoms. The number of aliphatic hydroxyl groups is 1. The maximum absolute atomic E-state index is 9.41. The Labute approximate surface area is 129 Å². The van der Waals surface area contributed by atoms with Gasteiger partial charge >= 0.3 is 0 Å². The molecule has 6 heteroatoms. The summed E-state index contributed by atoms with van der Waals surface area (Å²) in [4.78, 5) is 0. The van der Waals surface area contributed by atoms with Crippen molar-refractivity contribution in [2.75, 3.05) is 67.0 Å². The Balaban J connectivity index is 3.29. The zero-order chi connectivity index (χ0) is 15.8. The van der Waals surface area contributed by atoms with Crippen LogP contribution in [0, 0.1) is 0 Å². The topological polar surface area (TPSA) is 69.2 Å². The Kier molecular flexibility index (Phi) is 14.5. The van der Waals surface area contributed by atoms with Gasteiger partial charge in [-0.15, -0.1) is 0 Å². The summed E-state index contributed by atoms with van der Waals surface area (Å²) in [5, 5.41) is 12.6. The molecule has 1 atom stereocenters. The molecule has 0 rings (SSSR count). The summed E-state index contributed by atoms with van der Waals surface area (Å²) >= 11 is 0. The minimum atomic E-state index is -0.167. The van der Waals surface area contributed by atoms with Crippen molar-refractivity contribution in [2.45, 2.75) is 31.7 Å². The van der Waals surface area contributed by atoms with Crippen molar-refractivity contribution in [3.05, 3.63) is 0 Å². The summed E-state index contributed by atoms with van der Waals surface area (Å²) < 4.78 is 21.0. The summed E-state index contributed by atoms with van der Waals surface area (Å²) in [5.74, 6) is 0. The number of nitrogens with one attached hydrogen (secondary N) is 1. The fourth-order valence-corrected chi connectivity index (χ4v) is 1.95. The molecule has 0 fully saturated rings. The molecule has 128 valence electrons. The lowest BCUT2D eigenvalue weighted by Gasteiger charge is -2.30. The SMILES string of the molecule is CCC(CO)(CCCOCCOCCOCCOC)NC. The highest BCUT2D eigenvalue weighted by molar-refractivity contribution is 4.84. The first-order valence-corrected chi connectivity index (χ1v) is 7.76. The smallest absolute Gasteiger partial charge is 0.0701 e. The number of hydrogen-bond acceptors (Lipinski definition) is 6. The van der Waals surface area contributed by atoms with Gasteiger partial charge in [0.25, 0.3) is 0 Å². The third-order valence-electron chi connectivity index (χ3n) is 3.63. The molecule has 0 aliphatic heterocycles. The van der Waals surface area contributed by atoms with Gasteiger partial charge < -0.3 is 29.4 Å². The van der Waals surface area contributed by atoms with E-state index in [0.29, 0.717) is 46.2 Å². The van der Waals surface area contributed by atoms with E-state index in [1.165, 1.54) is 0 Å². The molecule has 0 aromatic rings. The second-order valence-corrected chi connectivity index (χ2v) is 4.98. The van der Waals surface area contributed by atoms with Crippen LogP contribution < -0.4 is 5.32 Å². The maximum atomic E-state index is 9.41. The molecule has 0 heterocycles. The quantitative estimate of drug-likeness (QED) is 0.412. The van der Waals surface area contributed by atoms with E-state index in [1.807, 2.05) is 7.05 Å². The van der Waals surface area contributed by atoms with Gasteiger partial charge in [-0.2, -0.15) is 0 Å². The normalized spacial score (nSPS) is 14.3. The van der Waals surface area contributed by atoms with Gasteiger partial charge in [0.15, 0.2) is 0 Å². The van der Waals surface area contributed by atoms with Gasteiger partial charge in [-0.25, -0.2) is 0 Å². The highest BCUT2D eigenvalue weighted by Crippen LogP contribution is 2.16. The predicted octanol–water partition coefficient (Wildman–Crippen LogP) is 0.823. The summed E-state index contributed by atoms with van der Waals surface area (Å²) in [6, 6.07) is 0. The Morgan fingerprint density at radius 2 is 1.43 bits per heavy atom. The molecule has 0 aromatic carbocycles. The average molecular weight is 307 g/mol. The number of methoxy groups -OCH3 is 1. The van der Waals surface area contributed by atoms with Crippen LogP contribution in [0.1, 0.15) is 26.2 Å². The molecule has 0 amide bonds. The van der Waals surface area contributed by atoms with Gasteiger partial charge in [-0.1, -0.05) is 6.92 Å². The molecule has 0 saturated carbocycles. The molecule has 6 nitrogen and oxygen atoms in total. The number of likely N-dealkylation sites (N-methyl/N-ethyl adjacent to an activating group) is 1. The Hall–Kier alpha value is -0.240. The average Bonchev–Trinajstić information content (AvgIpc) is 2.53. The fraction of sp³-hybridized carbons (Fsp3) is 1.00. The van der Waals surface area contributed by atoms with Crippen molar-refractivity contribution in [3.63, 3.8) is 0 Å². The molecule has 0 spiro atoms. The molecule has 0 aliphatic rings. The first kappa shape index (κ1) is 20.8. The molecule has 0 aliphatic carbocycles. The second-order valence-electron chi connectivity index (χ2n) is 4.98. The highest BCUT2D eigenvalue weighted by atomic mass is 16.6. The zero-order valence-corrected chi connectivity index (χ0v) is 13.9. The molecular weight excluding hydrogens is 274 g/mol. The van der Waals surface area contributed by atoms with Crippen molar-refractivity contribution < 1.29 is 24.1 Å². The highest BCUT2D eigenvalue weighted by Gasteiger charge is 2.23. The lowest BCUT2D eigenvalue weighted by Crippen LogP contribution is -2.46. The van der Waals surface area contributed by atoms with Gasteiger partial charge in [0.1, 0.15) is 0 Å². The summed E-state index contributed by atoms with van der Waals surface area (Å²) in [6.07, 6.45) is 2.74. The van der Waals surface area contributed by atoms with Gasteiger partial charge in [-0.05, 0) is 26.3 Å². The van der Waals surface area contributed by atoms with Gasteiger partial charge in [0.05, 0.1) is 46.2 Å². The molecule has 2 N–H and O–H groups in total. The van der Waals surface area contributed by atoms with E-state index >= 15 is 0 Å². The third kappa shape index (κ3) is 11.0. The maximum Gasteiger partial charge on any atom is 0.0701 e. The fourth-order valence-electron chi connectivity index (χ4n) is 1.95. The predicted molar refractivity (Wildman–Crippen MR) is 82.7 cm³/mol. The Bertz CT molecular complexity index is 204. The van der Waals surface area contributed by atoms with Crippen molar-refractivity contribution in [1.82, 2.24) is 5.32 Å². The van der Waals surface area contributed by atoms with Crippen molar-refractivity contribution in [2.24, 2.45) is 0 Å². The van der Waals surface area contributed by atoms with Crippen molar-refractivity contribution in [1.29, 1.82) is 0 Å². The van der Waals surface area contributed by atoms with E-state index in [2.05, 4.69) is 12.2 Å². The van der Waals surface area contributed by atoms with Crippen LogP contribution in [0.3, 0.4) is 0 Å². The van der Waals surface area contributed by atoms with Crippen LogP contribution in [-0.4, -0.2) is 77.7 Å². The molecule has 1 unspecified atom stereocenters.